The minimum atomic E-state index is -0.792. The van der Waals surface area contributed by atoms with Gasteiger partial charge in [0.05, 0.1) is 36.4 Å². The zero-order valence-corrected chi connectivity index (χ0v) is 18.5. The number of ketones is 1. The first-order chi connectivity index (χ1) is 14.8. The smallest absolute Gasteiger partial charge is 0.295 e. The van der Waals surface area contributed by atoms with Crippen LogP contribution in [0.2, 0.25) is 5.02 Å². The zero-order valence-electron chi connectivity index (χ0n) is 17.8. The van der Waals surface area contributed by atoms with Gasteiger partial charge in [0.25, 0.3) is 11.7 Å². The largest absolute Gasteiger partial charge is 0.507 e. The number of likely N-dealkylation sites (N-methyl/N-ethyl adjacent to an activating group) is 1. The molecular weight excluding hydrogens is 422 g/mol. The molecule has 1 aliphatic rings. The molecule has 1 fully saturated rings. The number of halogens is 1. The fourth-order valence-corrected chi connectivity index (χ4v) is 3.72. The van der Waals surface area contributed by atoms with Gasteiger partial charge in [0, 0.05) is 31.5 Å². The normalized spacial score (nSPS) is 18.0. The molecule has 3 rings (SSSR count). The lowest BCUT2D eigenvalue weighted by atomic mass is 9.96. The zero-order chi connectivity index (χ0) is 22.7. The molecule has 164 valence electrons. The Labute approximate surface area is 185 Å². The maximum Gasteiger partial charge on any atom is 0.295 e. The van der Waals surface area contributed by atoms with E-state index in [2.05, 4.69) is 4.98 Å². The summed E-state index contributed by atoms with van der Waals surface area (Å²) in [6.07, 6.45) is 3.18. The molecule has 0 radical (unpaired) electrons. The van der Waals surface area contributed by atoms with Gasteiger partial charge in [-0.1, -0.05) is 17.7 Å². The third-order valence-electron chi connectivity index (χ3n) is 5.06. The highest BCUT2D eigenvalue weighted by molar-refractivity contribution is 6.46. The van der Waals surface area contributed by atoms with Crippen molar-refractivity contribution in [2.45, 2.75) is 6.04 Å². The first-order valence-corrected chi connectivity index (χ1v) is 9.92. The number of nitrogens with zero attached hydrogens (tertiary/aromatic N) is 3. The first-order valence-electron chi connectivity index (χ1n) is 9.55. The number of hydrogen-bond donors (Lipinski definition) is 1. The SMILES string of the molecule is COc1cc(/C(O)=C2\C(=O)C(=O)N(CCN(C)C)C2c2cccnc2)c(OC)cc1Cl. The van der Waals surface area contributed by atoms with Crippen molar-refractivity contribution < 1.29 is 24.2 Å². The Kier molecular flexibility index (Phi) is 6.82. The highest BCUT2D eigenvalue weighted by Gasteiger charge is 2.46. The average Bonchev–Trinajstić information content (AvgIpc) is 3.02. The molecule has 0 bridgehead atoms. The molecule has 1 aromatic heterocycles. The number of rotatable bonds is 7. The molecule has 31 heavy (non-hydrogen) atoms. The van der Waals surface area contributed by atoms with Crippen LogP contribution in [0.5, 0.6) is 11.5 Å². The molecule has 1 aromatic carbocycles. The summed E-state index contributed by atoms with van der Waals surface area (Å²) in [6, 6.07) is 5.65. The quantitative estimate of drug-likeness (QED) is 0.398. The fourth-order valence-electron chi connectivity index (χ4n) is 3.49. The number of amides is 1. The first kappa shape index (κ1) is 22.6. The Bertz CT molecular complexity index is 1020. The molecule has 1 N–H and O–H groups in total. The second-order valence-electron chi connectivity index (χ2n) is 7.27. The fraction of sp³-hybridized carbons (Fsp3) is 0.318. The molecule has 9 heteroatoms. The predicted octanol–water partition coefficient (Wildman–Crippen LogP) is 2.74. The maximum absolute atomic E-state index is 13.0. The number of aliphatic hydroxyl groups excluding tert-OH is 1. The average molecular weight is 446 g/mol. The minimum absolute atomic E-state index is 0.0422. The number of carbonyl (C=O) groups excluding carboxylic acids is 2. The third-order valence-corrected chi connectivity index (χ3v) is 5.35. The van der Waals surface area contributed by atoms with Crippen molar-refractivity contribution in [3.8, 4) is 11.5 Å². The number of carbonyl (C=O) groups is 2. The van der Waals surface area contributed by atoms with E-state index < -0.39 is 17.7 Å². The Morgan fingerprint density at radius 3 is 2.52 bits per heavy atom. The highest BCUT2D eigenvalue weighted by atomic mass is 35.5. The van der Waals surface area contributed by atoms with Gasteiger partial charge in [-0.05, 0) is 31.8 Å². The van der Waals surface area contributed by atoms with E-state index in [1.54, 1.807) is 24.5 Å². The summed E-state index contributed by atoms with van der Waals surface area (Å²) in [5.74, 6) is -1.29. The van der Waals surface area contributed by atoms with Crippen LogP contribution in [0.15, 0.2) is 42.2 Å². The summed E-state index contributed by atoms with van der Waals surface area (Å²) in [7, 11) is 6.61. The van der Waals surface area contributed by atoms with Gasteiger partial charge in [0.1, 0.15) is 17.3 Å². The molecule has 1 saturated heterocycles. The van der Waals surface area contributed by atoms with E-state index in [1.165, 1.54) is 31.3 Å². The Hall–Kier alpha value is -3.10. The molecule has 8 nitrogen and oxygen atoms in total. The van der Waals surface area contributed by atoms with E-state index in [4.69, 9.17) is 21.1 Å². The molecule has 0 saturated carbocycles. The van der Waals surface area contributed by atoms with Crippen LogP contribution < -0.4 is 9.47 Å². The van der Waals surface area contributed by atoms with Gasteiger partial charge in [0.2, 0.25) is 0 Å². The molecule has 2 aromatic rings. The van der Waals surface area contributed by atoms with Gasteiger partial charge < -0.3 is 24.4 Å². The Morgan fingerprint density at radius 1 is 1.23 bits per heavy atom. The van der Waals surface area contributed by atoms with E-state index in [0.29, 0.717) is 24.4 Å². The van der Waals surface area contributed by atoms with E-state index in [0.717, 1.165) is 0 Å². The minimum Gasteiger partial charge on any atom is -0.507 e. The molecule has 0 aliphatic carbocycles. The van der Waals surface area contributed by atoms with Crippen molar-refractivity contribution in [2.24, 2.45) is 0 Å². The van der Waals surface area contributed by atoms with Crippen LogP contribution in [0, 0.1) is 0 Å². The molecule has 1 aliphatic heterocycles. The van der Waals surface area contributed by atoms with Gasteiger partial charge in [-0.2, -0.15) is 0 Å². The van der Waals surface area contributed by atoms with Crippen molar-refractivity contribution in [1.82, 2.24) is 14.8 Å². The van der Waals surface area contributed by atoms with Crippen molar-refractivity contribution in [2.75, 3.05) is 41.4 Å². The summed E-state index contributed by atoms with van der Waals surface area (Å²) < 4.78 is 10.6. The van der Waals surface area contributed by atoms with E-state index in [-0.39, 0.29) is 27.7 Å². The maximum atomic E-state index is 13.0. The second kappa shape index (κ2) is 9.36. The number of hydrogen-bond acceptors (Lipinski definition) is 7. The van der Waals surface area contributed by atoms with Crippen LogP contribution in [0.1, 0.15) is 17.2 Å². The number of aliphatic hydroxyl groups is 1. The number of ether oxygens (including phenoxy) is 2. The number of Topliss-reactive ketones (excluding diaryl/α,β-unsaturated/α-hetero) is 1. The van der Waals surface area contributed by atoms with Crippen LogP contribution >= 0.6 is 11.6 Å². The summed E-state index contributed by atoms with van der Waals surface area (Å²) >= 11 is 6.17. The second-order valence-corrected chi connectivity index (χ2v) is 7.68. The predicted molar refractivity (Wildman–Crippen MR) is 116 cm³/mol. The van der Waals surface area contributed by atoms with E-state index in [9.17, 15) is 14.7 Å². The van der Waals surface area contributed by atoms with Crippen LogP contribution in [-0.4, -0.2) is 73.0 Å². The number of methoxy groups -OCH3 is 2. The molecule has 1 atom stereocenters. The van der Waals surface area contributed by atoms with Gasteiger partial charge in [-0.15, -0.1) is 0 Å². The molecule has 2 heterocycles. The lowest BCUT2D eigenvalue weighted by molar-refractivity contribution is -0.140. The van der Waals surface area contributed by atoms with Crippen molar-refractivity contribution in [3.63, 3.8) is 0 Å². The summed E-state index contributed by atoms with van der Waals surface area (Å²) in [4.78, 5) is 33.4. The molecular formula is C22H24ClN3O5. The number of likely N-dealkylation sites (tertiary alicyclic amines) is 1. The third kappa shape index (κ3) is 4.35. The summed E-state index contributed by atoms with van der Waals surface area (Å²) in [6.45, 7) is 0.844. The Morgan fingerprint density at radius 2 is 1.94 bits per heavy atom. The number of pyridine rings is 1. The number of benzene rings is 1. The molecule has 1 unspecified atom stereocenters. The molecule has 0 spiro atoms. The van der Waals surface area contributed by atoms with Gasteiger partial charge in [0.15, 0.2) is 0 Å². The standard InChI is InChI=1S/C22H24ClN3O5/c1-25(2)8-9-26-19(13-6-5-7-24-12-13)18(21(28)22(26)29)20(27)14-10-17(31-4)15(23)11-16(14)30-3/h5-7,10-12,19,27H,8-9H2,1-4H3/b20-18+. The van der Waals surface area contributed by atoms with Crippen LogP contribution in [0.25, 0.3) is 5.76 Å². The van der Waals surface area contributed by atoms with E-state index in [1.807, 2.05) is 19.0 Å². The van der Waals surface area contributed by atoms with Crippen molar-refractivity contribution >= 4 is 29.1 Å². The van der Waals surface area contributed by atoms with Gasteiger partial charge in [-0.25, -0.2) is 0 Å². The summed E-state index contributed by atoms with van der Waals surface area (Å²) in [5.41, 5.74) is 0.768. The molecule has 1 amide bonds. The highest BCUT2D eigenvalue weighted by Crippen LogP contribution is 2.42. The number of aromatic nitrogens is 1. The lowest BCUT2D eigenvalue weighted by Crippen LogP contribution is -2.35. The van der Waals surface area contributed by atoms with Gasteiger partial charge >= 0.3 is 0 Å². The monoisotopic (exact) mass is 445 g/mol. The van der Waals surface area contributed by atoms with Crippen molar-refractivity contribution in [1.29, 1.82) is 0 Å². The van der Waals surface area contributed by atoms with Gasteiger partial charge in [-0.3, -0.25) is 14.6 Å². The van der Waals surface area contributed by atoms with E-state index >= 15 is 0 Å². The van der Waals surface area contributed by atoms with Crippen LogP contribution in [-0.2, 0) is 9.59 Å². The topological polar surface area (TPSA) is 92.2 Å². The van der Waals surface area contributed by atoms with Crippen LogP contribution in [0.3, 0.4) is 0 Å². The van der Waals surface area contributed by atoms with Crippen molar-refractivity contribution in [3.05, 3.63) is 58.4 Å². The lowest BCUT2D eigenvalue weighted by Gasteiger charge is -2.26. The summed E-state index contributed by atoms with van der Waals surface area (Å²) in [5, 5.41) is 11.5. The Balaban J connectivity index is 2.22. The van der Waals surface area contributed by atoms with Crippen LogP contribution in [0.4, 0.5) is 0 Å².